The molecule has 0 N–H and O–H groups in total. The lowest BCUT2D eigenvalue weighted by atomic mass is 9.85. The number of allylic oxidation sites excluding steroid dienone is 2. The van der Waals surface area contributed by atoms with Crippen LogP contribution in [0.4, 0.5) is 10.1 Å². The summed E-state index contributed by atoms with van der Waals surface area (Å²) in [5.74, 6) is -1.13. The molecule has 4 atom stereocenters. The molecule has 3 aliphatic carbocycles. The number of carbonyl (C=O) groups is 2. The summed E-state index contributed by atoms with van der Waals surface area (Å²) < 4.78 is 13.7. The van der Waals surface area contributed by atoms with Gasteiger partial charge in [0.1, 0.15) is 5.82 Å². The van der Waals surface area contributed by atoms with Gasteiger partial charge in [0, 0.05) is 0 Å². The molecule has 0 unspecified atom stereocenters. The fourth-order valence-electron chi connectivity index (χ4n) is 4.96. The Morgan fingerprint density at radius 3 is 2.18 bits per heavy atom. The second kappa shape index (κ2) is 3.80. The summed E-state index contributed by atoms with van der Waals surface area (Å²) in [6.45, 7) is 0. The summed E-state index contributed by atoms with van der Waals surface area (Å²) in [7, 11) is 0. The lowest BCUT2D eigenvalue weighted by Gasteiger charge is -2.21. The van der Waals surface area contributed by atoms with E-state index in [1.807, 2.05) is 0 Å². The maximum Gasteiger partial charge on any atom is 0.238 e. The second-order valence-electron chi connectivity index (χ2n) is 6.83. The molecule has 22 heavy (non-hydrogen) atoms. The Morgan fingerprint density at radius 2 is 1.68 bits per heavy atom. The van der Waals surface area contributed by atoms with Crippen molar-refractivity contribution in [2.45, 2.75) is 12.8 Å². The van der Waals surface area contributed by atoms with Crippen LogP contribution in [0.3, 0.4) is 0 Å². The van der Waals surface area contributed by atoms with Crippen LogP contribution < -0.4 is 4.90 Å². The van der Waals surface area contributed by atoms with Crippen LogP contribution in [0.25, 0.3) is 0 Å². The molecule has 1 spiro atoms. The molecule has 0 radical (unpaired) electrons. The van der Waals surface area contributed by atoms with Crippen molar-refractivity contribution >= 4 is 29.1 Å². The summed E-state index contributed by atoms with van der Waals surface area (Å²) >= 11 is 5.68. The molecule has 1 aromatic carbocycles. The van der Waals surface area contributed by atoms with E-state index in [1.54, 1.807) is 0 Å². The summed E-state index contributed by atoms with van der Waals surface area (Å²) in [4.78, 5) is 26.8. The van der Waals surface area contributed by atoms with Gasteiger partial charge in [-0.1, -0.05) is 23.8 Å². The van der Waals surface area contributed by atoms with Crippen molar-refractivity contribution in [2.75, 3.05) is 4.90 Å². The molecule has 1 aromatic rings. The molecule has 2 amide bonds. The number of rotatable bonds is 1. The molecule has 4 aliphatic rings. The lowest BCUT2D eigenvalue weighted by Crippen LogP contribution is -2.34. The van der Waals surface area contributed by atoms with E-state index in [4.69, 9.17) is 11.6 Å². The van der Waals surface area contributed by atoms with Crippen LogP contribution in [0.1, 0.15) is 12.8 Å². The normalized spacial score (nSPS) is 36.5. The van der Waals surface area contributed by atoms with Gasteiger partial charge in [-0.3, -0.25) is 9.59 Å². The summed E-state index contributed by atoms with van der Waals surface area (Å²) in [6.07, 6.45) is 6.46. The Balaban J connectivity index is 1.57. The average Bonchev–Trinajstić information content (AvgIpc) is 3.08. The van der Waals surface area contributed by atoms with Crippen molar-refractivity contribution in [1.29, 1.82) is 0 Å². The van der Waals surface area contributed by atoms with Gasteiger partial charge in [0.15, 0.2) is 0 Å². The third-order valence-electron chi connectivity index (χ3n) is 6.01. The van der Waals surface area contributed by atoms with E-state index in [9.17, 15) is 14.0 Å². The molecule has 0 aromatic heterocycles. The molecule has 112 valence electrons. The third-order valence-corrected chi connectivity index (χ3v) is 6.32. The number of fused-ring (bicyclic) bond motifs is 3. The maximum absolute atomic E-state index is 13.7. The van der Waals surface area contributed by atoms with E-state index in [1.165, 1.54) is 18.2 Å². The first-order valence-corrected chi connectivity index (χ1v) is 7.93. The molecule has 2 bridgehead atoms. The number of imide groups is 1. The second-order valence-corrected chi connectivity index (χ2v) is 7.24. The zero-order valence-corrected chi connectivity index (χ0v) is 12.4. The summed E-state index contributed by atoms with van der Waals surface area (Å²) in [5.41, 5.74) is 0.466. The van der Waals surface area contributed by atoms with Gasteiger partial charge in [0.05, 0.1) is 22.5 Å². The van der Waals surface area contributed by atoms with Gasteiger partial charge < -0.3 is 0 Å². The average molecular weight is 318 g/mol. The molecule has 1 saturated heterocycles. The number of hydrogen-bond acceptors (Lipinski definition) is 2. The number of hydrogen-bond donors (Lipinski definition) is 0. The summed E-state index contributed by atoms with van der Waals surface area (Å²) in [5, 5.41) is -0.0123. The molecule has 3 nitrogen and oxygen atoms in total. The van der Waals surface area contributed by atoms with Gasteiger partial charge in [-0.15, -0.1) is 0 Å². The standard InChI is InChI=1S/C17H13ClFNO2/c18-11-4-1-8(7-12(11)19)20-15(21)13-9-2-3-10(14(13)16(20)22)17(9)5-6-17/h1-4,7,9-10,13-14H,5-6H2/t9-,10+,13+,14-. The number of carbonyl (C=O) groups excluding carboxylic acids is 2. The van der Waals surface area contributed by atoms with Crippen molar-refractivity contribution in [3.05, 3.63) is 41.2 Å². The van der Waals surface area contributed by atoms with Gasteiger partial charge in [0.2, 0.25) is 11.8 Å². The Labute approximate surface area is 131 Å². The Bertz CT molecular complexity index is 736. The minimum atomic E-state index is -0.614. The predicted octanol–water partition coefficient (Wildman–Crippen LogP) is 3.18. The molecule has 1 aliphatic heterocycles. The van der Waals surface area contributed by atoms with Gasteiger partial charge in [0.25, 0.3) is 0 Å². The number of anilines is 1. The van der Waals surface area contributed by atoms with Crippen molar-refractivity contribution in [3.63, 3.8) is 0 Å². The fraction of sp³-hybridized carbons (Fsp3) is 0.412. The largest absolute Gasteiger partial charge is 0.274 e. The highest BCUT2D eigenvalue weighted by molar-refractivity contribution is 6.31. The van der Waals surface area contributed by atoms with Crippen LogP contribution >= 0.6 is 11.6 Å². The van der Waals surface area contributed by atoms with E-state index in [-0.39, 0.29) is 51.6 Å². The predicted molar refractivity (Wildman–Crippen MR) is 78.7 cm³/mol. The minimum Gasteiger partial charge on any atom is -0.274 e. The topological polar surface area (TPSA) is 37.4 Å². The number of amides is 2. The lowest BCUT2D eigenvalue weighted by molar-refractivity contribution is -0.123. The maximum atomic E-state index is 13.7. The molecule has 2 saturated carbocycles. The van der Waals surface area contributed by atoms with Crippen molar-refractivity contribution in [2.24, 2.45) is 29.1 Å². The number of nitrogens with zero attached hydrogens (tertiary/aromatic N) is 1. The highest BCUT2D eigenvalue weighted by atomic mass is 35.5. The summed E-state index contributed by atoms with van der Waals surface area (Å²) in [6, 6.07) is 4.09. The monoisotopic (exact) mass is 317 g/mol. The van der Waals surface area contributed by atoms with Crippen molar-refractivity contribution < 1.29 is 14.0 Å². The smallest absolute Gasteiger partial charge is 0.238 e. The SMILES string of the molecule is O=C1[C@@H]2[C@H](C(=O)N1c1ccc(Cl)c(F)c1)[C@@H]1C=C[C@H]2C12CC2. The Morgan fingerprint density at radius 1 is 1.09 bits per heavy atom. The first-order valence-electron chi connectivity index (χ1n) is 7.56. The molecule has 3 fully saturated rings. The van der Waals surface area contributed by atoms with E-state index in [0.717, 1.165) is 17.7 Å². The number of halogens is 2. The van der Waals surface area contributed by atoms with E-state index >= 15 is 0 Å². The first kappa shape index (κ1) is 12.8. The van der Waals surface area contributed by atoms with E-state index in [2.05, 4.69) is 12.2 Å². The van der Waals surface area contributed by atoms with Crippen LogP contribution in [-0.2, 0) is 9.59 Å². The zero-order valence-electron chi connectivity index (χ0n) is 11.6. The van der Waals surface area contributed by atoms with E-state index in [0.29, 0.717) is 0 Å². The van der Waals surface area contributed by atoms with Crippen molar-refractivity contribution in [3.8, 4) is 0 Å². The molecule has 5 heteroatoms. The van der Waals surface area contributed by atoms with Gasteiger partial charge >= 0.3 is 0 Å². The minimum absolute atomic E-state index is 0.0123. The fourth-order valence-corrected chi connectivity index (χ4v) is 5.07. The molecular formula is C17H13ClFNO2. The molecule has 1 heterocycles. The van der Waals surface area contributed by atoms with Crippen LogP contribution in [0.5, 0.6) is 0 Å². The van der Waals surface area contributed by atoms with Crippen LogP contribution in [0.2, 0.25) is 5.02 Å². The van der Waals surface area contributed by atoms with Gasteiger partial charge in [-0.2, -0.15) is 0 Å². The first-order chi connectivity index (χ1) is 10.5. The quantitative estimate of drug-likeness (QED) is 0.589. The number of benzene rings is 1. The van der Waals surface area contributed by atoms with E-state index < -0.39 is 5.82 Å². The zero-order chi connectivity index (χ0) is 15.2. The molecular weight excluding hydrogens is 305 g/mol. The van der Waals surface area contributed by atoms with Gasteiger partial charge in [-0.25, -0.2) is 9.29 Å². The molecule has 5 rings (SSSR count). The van der Waals surface area contributed by atoms with Crippen molar-refractivity contribution in [1.82, 2.24) is 0 Å². The highest BCUT2D eigenvalue weighted by Gasteiger charge is 2.73. The van der Waals surface area contributed by atoms with Crippen LogP contribution in [-0.4, -0.2) is 11.8 Å². The highest BCUT2D eigenvalue weighted by Crippen LogP contribution is 2.73. The Kier molecular flexibility index (Phi) is 2.21. The van der Waals surface area contributed by atoms with Gasteiger partial charge in [-0.05, 0) is 48.3 Å². The van der Waals surface area contributed by atoms with Crippen LogP contribution in [0, 0.1) is 34.9 Å². The third kappa shape index (κ3) is 1.29. The Hall–Kier alpha value is -1.68. The van der Waals surface area contributed by atoms with Crippen LogP contribution in [0.15, 0.2) is 30.4 Å².